The highest BCUT2D eigenvalue weighted by atomic mass is 32.1. The Hall–Kier alpha value is -3.01. The third kappa shape index (κ3) is 6.75. The second-order valence-corrected chi connectivity index (χ2v) is 10.3. The van der Waals surface area contributed by atoms with Crippen LogP contribution in [0.2, 0.25) is 0 Å². The van der Waals surface area contributed by atoms with Gasteiger partial charge in [-0.25, -0.2) is 9.78 Å². The van der Waals surface area contributed by atoms with Crippen molar-refractivity contribution in [3.8, 4) is 0 Å². The molecular weight excluding hydrogens is 456 g/mol. The highest BCUT2D eigenvalue weighted by Gasteiger charge is 2.32. The molecule has 0 radical (unpaired) electrons. The molecule has 1 aromatic heterocycles. The predicted octanol–water partition coefficient (Wildman–Crippen LogP) is 3.29. The largest absolute Gasteiger partial charge is 0.465 e. The summed E-state index contributed by atoms with van der Waals surface area (Å²) in [5, 5.41) is 15.1. The van der Waals surface area contributed by atoms with Crippen LogP contribution < -0.4 is 10.6 Å². The third-order valence-electron chi connectivity index (χ3n) is 5.99. The number of nitrogens with zero attached hydrogens (tertiary/aromatic N) is 2. The Balaban J connectivity index is 1.80. The summed E-state index contributed by atoms with van der Waals surface area (Å²) in [6.07, 6.45) is 1.13. The first-order valence-electron chi connectivity index (χ1n) is 11.6. The number of thiazole rings is 1. The lowest BCUT2D eigenvalue weighted by molar-refractivity contribution is -0.128. The molecule has 3 N–H and O–H groups in total. The lowest BCUT2D eigenvalue weighted by Crippen LogP contribution is -2.52. The zero-order chi connectivity index (χ0) is 24.8. The fraction of sp³-hybridized carbons (Fsp3) is 0.542. The topological polar surface area (TPSA) is 129 Å². The fourth-order valence-corrected chi connectivity index (χ4v) is 5.23. The maximum absolute atomic E-state index is 13.5. The zero-order valence-corrected chi connectivity index (χ0v) is 20.6. The van der Waals surface area contributed by atoms with Gasteiger partial charge in [0.05, 0.1) is 16.3 Å². The molecule has 1 aliphatic heterocycles. The van der Waals surface area contributed by atoms with Crippen LogP contribution in [0.25, 0.3) is 10.2 Å². The number of likely N-dealkylation sites (tertiary alicyclic amines) is 1. The summed E-state index contributed by atoms with van der Waals surface area (Å²) in [5.74, 6) is -0.714. The van der Waals surface area contributed by atoms with Gasteiger partial charge in [-0.15, -0.1) is 11.3 Å². The molecule has 10 heteroatoms. The van der Waals surface area contributed by atoms with E-state index in [0.717, 1.165) is 10.2 Å². The van der Waals surface area contributed by atoms with E-state index in [1.54, 1.807) is 0 Å². The molecule has 2 heterocycles. The van der Waals surface area contributed by atoms with Gasteiger partial charge >= 0.3 is 6.09 Å². The second-order valence-electron chi connectivity index (χ2n) is 9.24. The molecule has 1 aliphatic rings. The van der Waals surface area contributed by atoms with Gasteiger partial charge in [0.1, 0.15) is 6.04 Å². The van der Waals surface area contributed by atoms with Crippen molar-refractivity contribution < 1.29 is 24.3 Å². The molecule has 184 valence electrons. The molecule has 34 heavy (non-hydrogen) atoms. The Kier molecular flexibility index (Phi) is 8.60. The number of carboxylic acid groups (broad SMARTS) is 1. The normalized spacial score (nSPS) is 16.3. The molecular formula is C24H32N4O5S. The number of amides is 3. The second kappa shape index (κ2) is 11.4. The number of piperidine rings is 1. The molecule has 0 bridgehead atoms. The number of hydrogen-bond donors (Lipinski definition) is 3. The summed E-state index contributed by atoms with van der Waals surface area (Å²) in [5.41, 5.74) is 0.728. The number of fused-ring (bicyclic) bond motifs is 1. The summed E-state index contributed by atoms with van der Waals surface area (Å²) < 4.78 is 0.890. The van der Waals surface area contributed by atoms with Gasteiger partial charge in [-0.3, -0.25) is 14.4 Å². The molecule has 0 spiro atoms. The van der Waals surface area contributed by atoms with E-state index >= 15 is 0 Å². The van der Waals surface area contributed by atoms with Crippen LogP contribution in [0.1, 0.15) is 56.3 Å². The molecule has 1 saturated heterocycles. The molecule has 3 amide bonds. The van der Waals surface area contributed by atoms with E-state index in [1.807, 2.05) is 38.1 Å². The smallest absolute Gasteiger partial charge is 0.407 e. The molecule has 0 saturated carbocycles. The van der Waals surface area contributed by atoms with Crippen molar-refractivity contribution in [3.05, 3.63) is 29.3 Å². The maximum atomic E-state index is 13.5. The predicted molar refractivity (Wildman–Crippen MR) is 130 cm³/mol. The minimum atomic E-state index is -0.944. The van der Waals surface area contributed by atoms with Gasteiger partial charge in [-0.05, 0) is 49.7 Å². The number of benzene rings is 1. The van der Waals surface area contributed by atoms with Crippen molar-refractivity contribution in [2.75, 3.05) is 13.1 Å². The fourth-order valence-electron chi connectivity index (χ4n) is 4.27. The number of carbonyl (C=O) groups excluding carboxylic acids is 3. The van der Waals surface area contributed by atoms with Crippen LogP contribution in [-0.4, -0.2) is 63.9 Å². The van der Waals surface area contributed by atoms with Crippen LogP contribution in [0.5, 0.6) is 0 Å². The van der Waals surface area contributed by atoms with Crippen molar-refractivity contribution in [1.29, 1.82) is 0 Å². The minimum absolute atomic E-state index is 0.0866. The quantitative estimate of drug-likeness (QED) is 0.465. The maximum Gasteiger partial charge on any atom is 0.407 e. The zero-order valence-electron chi connectivity index (χ0n) is 19.7. The van der Waals surface area contributed by atoms with Crippen LogP contribution in [-0.2, 0) is 9.59 Å². The summed E-state index contributed by atoms with van der Waals surface area (Å²) >= 11 is 1.29. The average Bonchev–Trinajstić information content (AvgIpc) is 3.21. The van der Waals surface area contributed by atoms with E-state index in [1.165, 1.54) is 23.2 Å². The number of para-hydroxylation sites is 1. The van der Waals surface area contributed by atoms with Gasteiger partial charge < -0.3 is 20.6 Å². The first-order valence-corrected chi connectivity index (χ1v) is 12.4. The number of carbonyl (C=O) groups is 4. The number of Topliss-reactive ketones (excluding diaryl/α,β-unsaturated/α-hetero) is 1. The van der Waals surface area contributed by atoms with E-state index in [2.05, 4.69) is 15.6 Å². The lowest BCUT2D eigenvalue weighted by atomic mass is 9.88. The summed E-state index contributed by atoms with van der Waals surface area (Å²) in [4.78, 5) is 55.4. The van der Waals surface area contributed by atoms with E-state index in [9.17, 15) is 24.3 Å². The average molecular weight is 489 g/mol. The third-order valence-corrected chi connectivity index (χ3v) is 7.04. The monoisotopic (exact) mass is 488 g/mol. The Morgan fingerprint density at radius 2 is 1.79 bits per heavy atom. The summed E-state index contributed by atoms with van der Waals surface area (Å²) in [7, 11) is 0. The van der Waals surface area contributed by atoms with Gasteiger partial charge in [0.25, 0.3) is 0 Å². The molecule has 9 nitrogen and oxygen atoms in total. The SMILES string of the molecule is CC(=O)N[C@@H](CC(C)C)C(=O)NC(CC1CCN(C(=O)O)CC1)C(=O)c1nc2ccccc2s1. The highest BCUT2D eigenvalue weighted by molar-refractivity contribution is 7.20. The number of ketones is 1. The molecule has 2 aromatic rings. The van der Waals surface area contributed by atoms with Gasteiger partial charge in [-0.1, -0.05) is 26.0 Å². The number of rotatable bonds is 9. The molecule has 1 fully saturated rings. The number of nitrogens with one attached hydrogen (secondary N) is 2. The van der Waals surface area contributed by atoms with Gasteiger partial charge in [0.2, 0.25) is 17.6 Å². The molecule has 0 aliphatic carbocycles. The molecule has 1 aromatic carbocycles. The van der Waals surface area contributed by atoms with Crippen molar-refractivity contribution >= 4 is 45.2 Å². The molecule has 3 rings (SSSR count). The molecule has 1 unspecified atom stereocenters. The van der Waals surface area contributed by atoms with E-state index in [4.69, 9.17) is 0 Å². The Bertz CT molecular complexity index is 1010. The number of aromatic nitrogens is 1. The minimum Gasteiger partial charge on any atom is -0.465 e. The van der Waals surface area contributed by atoms with E-state index in [0.29, 0.717) is 43.8 Å². The number of hydrogen-bond acceptors (Lipinski definition) is 6. The first kappa shape index (κ1) is 25.6. The van der Waals surface area contributed by atoms with Crippen LogP contribution in [0.15, 0.2) is 24.3 Å². The van der Waals surface area contributed by atoms with Crippen molar-refractivity contribution in [2.24, 2.45) is 11.8 Å². The standard InChI is InChI=1S/C24H32N4O5S/c1-14(2)12-19(25-15(3)29)22(31)26-18(13-16-8-10-28(11-9-16)24(32)33)21(30)23-27-17-6-4-5-7-20(17)34-23/h4-7,14,16,18-19H,8-13H2,1-3H3,(H,25,29)(H,26,31)(H,32,33)/t18?,19-/m0/s1. The van der Waals surface area contributed by atoms with Crippen molar-refractivity contribution in [3.63, 3.8) is 0 Å². The van der Waals surface area contributed by atoms with E-state index < -0.39 is 24.1 Å². The highest BCUT2D eigenvalue weighted by Crippen LogP contribution is 2.27. The Morgan fingerprint density at radius 1 is 1.12 bits per heavy atom. The van der Waals surface area contributed by atoms with Crippen LogP contribution in [0, 0.1) is 11.8 Å². The Morgan fingerprint density at radius 3 is 2.38 bits per heavy atom. The first-order chi connectivity index (χ1) is 16.1. The van der Waals surface area contributed by atoms with Gasteiger partial charge in [-0.2, -0.15) is 0 Å². The van der Waals surface area contributed by atoms with Crippen LogP contribution in [0.4, 0.5) is 4.79 Å². The van der Waals surface area contributed by atoms with Gasteiger partial charge in [0, 0.05) is 20.0 Å². The van der Waals surface area contributed by atoms with Crippen molar-refractivity contribution in [2.45, 2.75) is 58.5 Å². The van der Waals surface area contributed by atoms with Crippen LogP contribution in [0.3, 0.4) is 0 Å². The van der Waals surface area contributed by atoms with Crippen molar-refractivity contribution in [1.82, 2.24) is 20.5 Å². The van der Waals surface area contributed by atoms with Crippen LogP contribution >= 0.6 is 11.3 Å². The molecule has 2 atom stereocenters. The van der Waals surface area contributed by atoms with Gasteiger partial charge in [0.15, 0.2) is 5.01 Å². The summed E-state index contributed by atoms with van der Waals surface area (Å²) in [6, 6.07) is 5.93. The van der Waals surface area contributed by atoms with E-state index in [-0.39, 0.29) is 23.5 Å². The summed E-state index contributed by atoms with van der Waals surface area (Å²) in [6.45, 7) is 6.08. The lowest BCUT2D eigenvalue weighted by Gasteiger charge is -2.32. The Labute approximate surface area is 202 Å².